The number of nitrogens with one attached hydrogen (secondary N) is 1. The fraction of sp³-hybridized carbons (Fsp3) is 0.562. The van der Waals surface area contributed by atoms with Crippen molar-refractivity contribution in [2.75, 3.05) is 26.2 Å². The molecular formula is C16H25N2O3+. The van der Waals surface area contributed by atoms with Gasteiger partial charge in [0.1, 0.15) is 25.0 Å². The van der Waals surface area contributed by atoms with E-state index >= 15 is 0 Å². The van der Waals surface area contributed by atoms with Gasteiger partial charge in [0.25, 0.3) is 0 Å². The van der Waals surface area contributed by atoms with E-state index in [1.165, 1.54) is 4.90 Å². The molecule has 21 heavy (non-hydrogen) atoms. The Kier molecular flexibility index (Phi) is 5.59. The highest BCUT2D eigenvalue weighted by Crippen LogP contribution is 2.12. The Morgan fingerprint density at radius 3 is 2.81 bits per heavy atom. The number of carbonyl (C=O) groups is 1. The molecule has 0 radical (unpaired) electrons. The molecule has 1 aromatic carbocycles. The van der Waals surface area contributed by atoms with E-state index in [0.29, 0.717) is 13.2 Å². The standard InChI is InChI=1S/C16H24N2O3/c1-12-3-2-4-15(9-12)21-11-14(19)10-18-7-5-13(6-8-18)16(17)20/h2-4,9,13-14,19H,5-8,10-11H2,1H3,(H2,17,20)/p+1/t14-/m1/s1. The second kappa shape index (κ2) is 7.43. The smallest absolute Gasteiger partial charge is 0.220 e. The van der Waals surface area contributed by atoms with E-state index in [1.54, 1.807) is 0 Å². The normalized spacial score (nSPS) is 23.5. The predicted molar refractivity (Wildman–Crippen MR) is 80.2 cm³/mol. The highest BCUT2D eigenvalue weighted by atomic mass is 16.5. The van der Waals surface area contributed by atoms with Crippen LogP contribution >= 0.6 is 0 Å². The fourth-order valence-corrected chi connectivity index (χ4v) is 2.80. The molecule has 1 aromatic rings. The van der Waals surface area contributed by atoms with Crippen molar-refractivity contribution in [2.45, 2.75) is 25.9 Å². The third kappa shape index (κ3) is 5.02. The van der Waals surface area contributed by atoms with Gasteiger partial charge < -0.3 is 20.5 Å². The predicted octanol–water partition coefficient (Wildman–Crippen LogP) is -0.485. The van der Waals surface area contributed by atoms with Crippen LogP contribution < -0.4 is 15.4 Å². The third-order valence-corrected chi connectivity index (χ3v) is 4.05. The minimum absolute atomic E-state index is 0.00874. The number of likely N-dealkylation sites (tertiary alicyclic amines) is 1. The van der Waals surface area contributed by atoms with Gasteiger partial charge in [0, 0.05) is 18.8 Å². The molecule has 0 saturated carbocycles. The van der Waals surface area contributed by atoms with Gasteiger partial charge in [-0.2, -0.15) is 0 Å². The molecule has 1 aliphatic heterocycles. The van der Waals surface area contributed by atoms with Crippen molar-refractivity contribution in [2.24, 2.45) is 11.7 Å². The van der Waals surface area contributed by atoms with Crippen LogP contribution in [-0.2, 0) is 4.79 Å². The first-order valence-electron chi connectivity index (χ1n) is 7.55. The number of nitrogens with two attached hydrogens (primary N) is 1. The van der Waals surface area contributed by atoms with Gasteiger partial charge in [-0.15, -0.1) is 0 Å². The summed E-state index contributed by atoms with van der Waals surface area (Å²) >= 11 is 0. The van der Waals surface area contributed by atoms with Crippen molar-refractivity contribution in [1.29, 1.82) is 0 Å². The van der Waals surface area contributed by atoms with Crippen molar-refractivity contribution in [3.63, 3.8) is 0 Å². The Hall–Kier alpha value is -1.59. The SMILES string of the molecule is Cc1cccc(OC[C@H](O)C[NH+]2CCC(C(N)=O)CC2)c1. The molecule has 0 aromatic heterocycles. The Morgan fingerprint density at radius 1 is 1.48 bits per heavy atom. The van der Waals surface area contributed by atoms with Crippen molar-refractivity contribution in [3.8, 4) is 5.75 Å². The Morgan fingerprint density at radius 2 is 2.19 bits per heavy atom. The van der Waals surface area contributed by atoms with E-state index in [9.17, 15) is 9.90 Å². The molecule has 5 nitrogen and oxygen atoms in total. The maximum absolute atomic E-state index is 11.1. The van der Waals surface area contributed by atoms with Crippen molar-refractivity contribution in [1.82, 2.24) is 0 Å². The number of hydrogen-bond donors (Lipinski definition) is 3. The van der Waals surface area contributed by atoms with Crippen LogP contribution in [0, 0.1) is 12.8 Å². The minimum atomic E-state index is -0.495. The molecule has 1 fully saturated rings. The van der Waals surface area contributed by atoms with E-state index in [2.05, 4.69) is 0 Å². The lowest BCUT2D eigenvalue weighted by molar-refractivity contribution is -0.908. The molecular weight excluding hydrogens is 268 g/mol. The quantitative estimate of drug-likeness (QED) is 0.663. The summed E-state index contributed by atoms with van der Waals surface area (Å²) in [7, 11) is 0. The van der Waals surface area contributed by atoms with Crippen LogP contribution in [0.2, 0.25) is 0 Å². The van der Waals surface area contributed by atoms with E-state index in [-0.39, 0.29) is 11.8 Å². The molecule has 1 amide bonds. The molecule has 1 heterocycles. The van der Waals surface area contributed by atoms with Crippen molar-refractivity contribution >= 4 is 5.91 Å². The lowest BCUT2D eigenvalue weighted by atomic mass is 9.96. The van der Waals surface area contributed by atoms with E-state index in [0.717, 1.165) is 37.2 Å². The number of primary amides is 1. The number of quaternary nitrogens is 1. The van der Waals surface area contributed by atoms with Crippen molar-refractivity contribution < 1.29 is 19.5 Å². The number of hydrogen-bond acceptors (Lipinski definition) is 3. The summed E-state index contributed by atoms with van der Waals surface area (Å²) in [6, 6.07) is 7.80. The number of piperidine rings is 1. The average Bonchev–Trinajstić information content (AvgIpc) is 2.46. The van der Waals surface area contributed by atoms with Gasteiger partial charge >= 0.3 is 0 Å². The number of benzene rings is 1. The Bertz CT molecular complexity index is 470. The number of ether oxygens (including phenoxy) is 1. The zero-order valence-corrected chi connectivity index (χ0v) is 12.5. The lowest BCUT2D eigenvalue weighted by Gasteiger charge is -2.29. The summed E-state index contributed by atoms with van der Waals surface area (Å²) in [6.45, 7) is 4.73. The third-order valence-electron chi connectivity index (χ3n) is 4.05. The molecule has 5 heteroatoms. The molecule has 0 unspecified atom stereocenters. The maximum Gasteiger partial charge on any atom is 0.220 e. The summed E-state index contributed by atoms with van der Waals surface area (Å²) < 4.78 is 5.61. The van der Waals surface area contributed by atoms with Crippen LogP contribution in [0.15, 0.2) is 24.3 Å². The zero-order chi connectivity index (χ0) is 15.2. The van der Waals surface area contributed by atoms with Crippen LogP contribution in [0.3, 0.4) is 0 Å². The van der Waals surface area contributed by atoms with Gasteiger partial charge in [0.05, 0.1) is 13.1 Å². The van der Waals surface area contributed by atoms with Gasteiger partial charge in [-0.3, -0.25) is 4.79 Å². The molecule has 4 N–H and O–H groups in total. The number of carbonyl (C=O) groups excluding carboxylic acids is 1. The Balaban J connectivity index is 1.70. The van der Waals surface area contributed by atoms with E-state index in [4.69, 9.17) is 10.5 Å². The maximum atomic E-state index is 11.1. The molecule has 0 aliphatic carbocycles. The number of aliphatic hydroxyl groups excluding tert-OH is 1. The number of aryl methyl sites for hydroxylation is 1. The van der Waals surface area contributed by atoms with Gasteiger partial charge in [-0.25, -0.2) is 0 Å². The summed E-state index contributed by atoms with van der Waals surface area (Å²) in [5.74, 6) is 0.600. The summed E-state index contributed by atoms with van der Waals surface area (Å²) in [5.41, 5.74) is 6.46. The van der Waals surface area contributed by atoms with Crippen LogP contribution in [-0.4, -0.2) is 43.4 Å². The zero-order valence-electron chi connectivity index (χ0n) is 12.5. The van der Waals surface area contributed by atoms with E-state index < -0.39 is 6.10 Å². The largest absolute Gasteiger partial charge is 0.491 e. The molecule has 1 saturated heterocycles. The molecule has 0 bridgehead atoms. The second-order valence-electron chi connectivity index (χ2n) is 5.91. The molecule has 2 rings (SSSR count). The summed E-state index contributed by atoms with van der Waals surface area (Å²) in [5, 5.41) is 10.1. The summed E-state index contributed by atoms with van der Waals surface area (Å²) in [4.78, 5) is 12.4. The number of amides is 1. The Labute approximate surface area is 125 Å². The topological polar surface area (TPSA) is 77.0 Å². The van der Waals surface area contributed by atoms with Gasteiger partial charge in [-0.05, 0) is 24.6 Å². The molecule has 116 valence electrons. The number of rotatable bonds is 6. The second-order valence-corrected chi connectivity index (χ2v) is 5.91. The fourth-order valence-electron chi connectivity index (χ4n) is 2.80. The lowest BCUT2D eigenvalue weighted by Crippen LogP contribution is -3.14. The monoisotopic (exact) mass is 293 g/mol. The molecule has 0 spiro atoms. The van der Waals surface area contributed by atoms with Crippen LogP contribution in [0.1, 0.15) is 18.4 Å². The first kappa shape index (κ1) is 15.8. The highest BCUT2D eigenvalue weighted by molar-refractivity contribution is 5.76. The van der Waals surface area contributed by atoms with Crippen molar-refractivity contribution in [3.05, 3.63) is 29.8 Å². The van der Waals surface area contributed by atoms with Gasteiger partial charge in [-0.1, -0.05) is 12.1 Å². The number of aliphatic hydroxyl groups is 1. The van der Waals surface area contributed by atoms with E-state index in [1.807, 2.05) is 31.2 Å². The minimum Gasteiger partial charge on any atom is -0.491 e. The highest BCUT2D eigenvalue weighted by Gasteiger charge is 2.27. The van der Waals surface area contributed by atoms with Gasteiger partial charge in [0.2, 0.25) is 5.91 Å². The molecule has 1 aliphatic rings. The van der Waals surface area contributed by atoms with Gasteiger partial charge in [0.15, 0.2) is 0 Å². The first-order valence-corrected chi connectivity index (χ1v) is 7.55. The van der Waals surface area contributed by atoms with Crippen LogP contribution in [0.25, 0.3) is 0 Å². The first-order chi connectivity index (χ1) is 10.0. The molecule has 1 atom stereocenters. The average molecular weight is 293 g/mol. The van der Waals surface area contributed by atoms with Crippen LogP contribution in [0.4, 0.5) is 0 Å². The summed E-state index contributed by atoms with van der Waals surface area (Å²) in [6.07, 6.45) is 1.14. The van der Waals surface area contributed by atoms with Crippen LogP contribution in [0.5, 0.6) is 5.75 Å².